The number of urea groups is 1. The molecule has 1 saturated heterocycles. The molecule has 9 heteroatoms. The first-order valence-corrected chi connectivity index (χ1v) is 8.83. The van der Waals surface area contributed by atoms with Gasteiger partial charge >= 0.3 is 12.4 Å². The molecule has 27 heavy (non-hydrogen) atoms. The molecule has 3 rings (SSSR count). The third kappa shape index (κ3) is 4.47. The highest BCUT2D eigenvalue weighted by atomic mass is 19.4. The van der Waals surface area contributed by atoms with Gasteiger partial charge in [-0.05, 0) is 30.5 Å². The molecule has 0 spiro atoms. The second-order valence-corrected chi connectivity index (χ2v) is 7.15. The van der Waals surface area contributed by atoms with Gasteiger partial charge in [-0.25, -0.2) is 4.79 Å². The predicted molar refractivity (Wildman–Crippen MR) is 90.4 cm³/mol. The minimum absolute atomic E-state index is 0.193. The van der Waals surface area contributed by atoms with Crippen LogP contribution in [0.3, 0.4) is 0 Å². The average Bonchev–Trinajstić information content (AvgIpc) is 2.97. The number of nitrogens with one attached hydrogen (secondary N) is 1. The molecule has 6 nitrogen and oxygen atoms in total. The van der Waals surface area contributed by atoms with Crippen LogP contribution >= 0.6 is 0 Å². The van der Waals surface area contributed by atoms with Gasteiger partial charge in [-0.3, -0.25) is 0 Å². The Kier molecular flexibility index (Phi) is 5.53. The lowest BCUT2D eigenvalue weighted by Crippen LogP contribution is -2.52. The van der Waals surface area contributed by atoms with Crippen LogP contribution in [0.2, 0.25) is 0 Å². The van der Waals surface area contributed by atoms with E-state index in [1.54, 1.807) is 13.1 Å². The Morgan fingerprint density at radius 3 is 2.70 bits per heavy atom. The standard InChI is InChI=1S/C18H23F3N2O4/c1-23(14-9-26-10-15(14)24)16(25)22-11-17(6-3-7-17)12-4-2-5-13(8-12)27-18(19,20)21/h2,4-5,8,14-15,24H,3,6-7,9-11H2,1H3,(H,22,25)/t14-,15-/m1/s1. The van der Waals surface area contributed by atoms with Gasteiger partial charge in [0.05, 0.1) is 25.4 Å². The minimum atomic E-state index is -4.74. The smallest absolute Gasteiger partial charge is 0.406 e. The van der Waals surface area contributed by atoms with Crippen molar-refractivity contribution in [1.29, 1.82) is 0 Å². The number of ether oxygens (including phenoxy) is 2. The fraction of sp³-hybridized carbons (Fsp3) is 0.611. The van der Waals surface area contributed by atoms with E-state index in [9.17, 15) is 23.1 Å². The number of halogens is 3. The molecule has 0 bridgehead atoms. The number of carbonyl (C=O) groups excluding carboxylic acids is 1. The zero-order valence-electron chi connectivity index (χ0n) is 15.0. The van der Waals surface area contributed by atoms with Gasteiger partial charge in [-0.15, -0.1) is 13.2 Å². The van der Waals surface area contributed by atoms with E-state index in [0.29, 0.717) is 12.1 Å². The van der Waals surface area contributed by atoms with Gasteiger partial charge in [0.2, 0.25) is 0 Å². The van der Waals surface area contributed by atoms with Crippen LogP contribution in [0.25, 0.3) is 0 Å². The van der Waals surface area contributed by atoms with Gasteiger partial charge in [0.1, 0.15) is 5.75 Å². The van der Waals surface area contributed by atoms with Gasteiger partial charge < -0.3 is 24.8 Å². The van der Waals surface area contributed by atoms with Crippen LogP contribution in [-0.2, 0) is 10.2 Å². The Balaban J connectivity index is 1.66. The van der Waals surface area contributed by atoms with Crippen molar-refractivity contribution >= 4 is 6.03 Å². The topological polar surface area (TPSA) is 71.0 Å². The number of hydrogen-bond acceptors (Lipinski definition) is 4. The molecule has 2 atom stereocenters. The highest BCUT2D eigenvalue weighted by Crippen LogP contribution is 2.44. The molecule has 1 aliphatic carbocycles. The number of nitrogens with zero attached hydrogens (tertiary/aromatic N) is 1. The van der Waals surface area contributed by atoms with E-state index in [2.05, 4.69) is 10.1 Å². The second kappa shape index (κ2) is 7.55. The van der Waals surface area contributed by atoms with E-state index < -0.39 is 23.9 Å². The van der Waals surface area contributed by atoms with Gasteiger partial charge in [0.15, 0.2) is 0 Å². The van der Waals surface area contributed by atoms with Crippen LogP contribution in [0.4, 0.5) is 18.0 Å². The molecular formula is C18H23F3N2O4. The van der Waals surface area contributed by atoms with E-state index >= 15 is 0 Å². The number of benzene rings is 1. The summed E-state index contributed by atoms with van der Waals surface area (Å²) in [5.41, 5.74) is 0.300. The Morgan fingerprint density at radius 1 is 1.41 bits per heavy atom. The van der Waals surface area contributed by atoms with Crippen molar-refractivity contribution in [1.82, 2.24) is 10.2 Å². The van der Waals surface area contributed by atoms with E-state index in [1.807, 2.05) is 0 Å². The maximum atomic E-state index is 12.5. The Bertz CT molecular complexity index is 679. The highest BCUT2D eigenvalue weighted by Gasteiger charge is 2.40. The third-order valence-electron chi connectivity index (χ3n) is 5.41. The lowest BCUT2D eigenvalue weighted by atomic mass is 9.64. The van der Waals surface area contributed by atoms with E-state index in [0.717, 1.165) is 19.3 Å². The summed E-state index contributed by atoms with van der Waals surface area (Å²) in [6, 6.07) is 5.17. The molecule has 1 saturated carbocycles. The third-order valence-corrected chi connectivity index (χ3v) is 5.41. The summed E-state index contributed by atoms with van der Waals surface area (Å²) < 4.78 is 46.6. The normalized spacial score (nSPS) is 24.2. The van der Waals surface area contributed by atoms with Crippen molar-refractivity contribution in [3.8, 4) is 5.75 Å². The monoisotopic (exact) mass is 388 g/mol. The van der Waals surface area contributed by atoms with Gasteiger partial charge in [0, 0.05) is 19.0 Å². The molecule has 2 aliphatic rings. The first-order chi connectivity index (χ1) is 12.7. The number of aliphatic hydroxyl groups is 1. The van der Waals surface area contributed by atoms with E-state index in [4.69, 9.17) is 4.74 Å². The molecule has 1 heterocycles. The van der Waals surface area contributed by atoms with Crippen molar-refractivity contribution in [3.05, 3.63) is 29.8 Å². The zero-order chi connectivity index (χ0) is 19.7. The van der Waals surface area contributed by atoms with Crippen LogP contribution in [0.5, 0.6) is 5.75 Å². The summed E-state index contributed by atoms with van der Waals surface area (Å²) in [5, 5.41) is 12.7. The van der Waals surface area contributed by atoms with Crippen LogP contribution in [0.15, 0.2) is 24.3 Å². The minimum Gasteiger partial charge on any atom is -0.406 e. The van der Waals surface area contributed by atoms with Crippen molar-refractivity contribution < 1.29 is 32.5 Å². The van der Waals surface area contributed by atoms with Crippen molar-refractivity contribution in [3.63, 3.8) is 0 Å². The summed E-state index contributed by atoms with van der Waals surface area (Å²) >= 11 is 0. The van der Waals surface area contributed by atoms with E-state index in [-0.39, 0.29) is 25.0 Å². The zero-order valence-corrected chi connectivity index (χ0v) is 15.0. The first-order valence-electron chi connectivity index (χ1n) is 8.83. The van der Waals surface area contributed by atoms with Gasteiger partial charge in [-0.1, -0.05) is 18.6 Å². The molecule has 150 valence electrons. The fourth-order valence-electron chi connectivity index (χ4n) is 3.62. The first kappa shape index (κ1) is 19.8. The van der Waals surface area contributed by atoms with Crippen LogP contribution < -0.4 is 10.1 Å². The quantitative estimate of drug-likeness (QED) is 0.813. The average molecular weight is 388 g/mol. The van der Waals surface area contributed by atoms with Gasteiger partial charge in [0.25, 0.3) is 0 Å². The van der Waals surface area contributed by atoms with Crippen LogP contribution in [0, 0.1) is 0 Å². The summed E-state index contributed by atoms with van der Waals surface area (Å²) in [7, 11) is 1.59. The number of carbonyl (C=O) groups is 1. The summed E-state index contributed by atoms with van der Waals surface area (Å²) in [6.07, 6.45) is -3.00. The Hall–Kier alpha value is -2.00. The molecule has 1 aromatic rings. The number of hydrogen-bond donors (Lipinski definition) is 2. The number of alkyl halides is 3. The molecule has 2 N–H and O–H groups in total. The molecule has 1 aromatic carbocycles. The molecule has 0 aromatic heterocycles. The highest BCUT2D eigenvalue weighted by molar-refractivity contribution is 5.74. The van der Waals surface area contributed by atoms with Gasteiger partial charge in [-0.2, -0.15) is 0 Å². The SMILES string of the molecule is CN(C(=O)NCC1(c2cccc(OC(F)(F)F)c2)CCC1)[C@@H]1COC[C@H]1O. The molecule has 2 amide bonds. The maximum absolute atomic E-state index is 12.5. The predicted octanol–water partition coefficient (Wildman–Crippen LogP) is 2.41. The fourth-order valence-corrected chi connectivity index (χ4v) is 3.62. The van der Waals surface area contributed by atoms with Crippen LogP contribution in [0.1, 0.15) is 24.8 Å². The van der Waals surface area contributed by atoms with Crippen LogP contribution in [-0.4, -0.2) is 61.4 Å². The lowest BCUT2D eigenvalue weighted by molar-refractivity contribution is -0.274. The number of amides is 2. The Labute approximate surface area is 155 Å². The Morgan fingerprint density at radius 2 is 2.15 bits per heavy atom. The number of aliphatic hydroxyl groups excluding tert-OH is 1. The molecular weight excluding hydrogens is 365 g/mol. The molecule has 1 aliphatic heterocycles. The second-order valence-electron chi connectivity index (χ2n) is 7.15. The van der Waals surface area contributed by atoms with E-state index in [1.165, 1.54) is 23.1 Å². The number of likely N-dealkylation sites (N-methyl/N-ethyl adjacent to an activating group) is 1. The molecule has 0 radical (unpaired) electrons. The largest absolute Gasteiger partial charge is 0.573 e. The summed E-state index contributed by atoms with van der Waals surface area (Å²) in [5.74, 6) is -0.263. The van der Waals surface area contributed by atoms with Crippen molar-refractivity contribution in [2.24, 2.45) is 0 Å². The summed E-state index contributed by atoms with van der Waals surface area (Å²) in [4.78, 5) is 13.8. The van der Waals surface area contributed by atoms with Crippen molar-refractivity contribution in [2.75, 3.05) is 26.8 Å². The molecule has 0 unspecified atom stereocenters. The summed E-state index contributed by atoms with van der Waals surface area (Å²) in [6.45, 7) is 0.764. The van der Waals surface area contributed by atoms with Crippen molar-refractivity contribution in [2.45, 2.75) is 43.2 Å². The maximum Gasteiger partial charge on any atom is 0.573 e. The molecule has 2 fully saturated rings. The lowest BCUT2D eigenvalue weighted by Gasteiger charge is -2.43. The number of rotatable bonds is 5.